The SMILES string of the molecule is CN=C(NCCc1ccc2c(c1)CCO2)NCC(C)Cn1cccn1.I. The van der Waals surface area contributed by atoms with E-state index in [-0.39, 0.29) is 24.0 Å². The van der Waals surface area contributed by atoms with Gasteiger partial charge in [0, 0.05) is 45.5 Å². The molecule has 1 aromatic heterocycles. The van der Waals surface area contributed by atoms with Crippen molar-refractivity contribution in [3.63, 3.8) is 0 Å². The topological polar surface area (TPSA) is 63.5 Å². The van der Waals surface area contributed by atoms with E-state index in [1.54, 1.807) is 7.05 Å². The molecular formula is C19H28IN5O. The van der Waals surface area contributed by atoms with Gasteiger partial charge in [0.15, 0.2) is 5.96 Å². The fourth-order valence-corrected chi connectivity index (χ4v) is 3.00. The number of aromatic nitrogens is 2. The Bertz CT molecular complexity index is 702. The first kappa shape index (κ1) is 20.5. The van der Waals surface area contributed by atoms with Crippen LogP contribution in [0.5, 0.6) is 5.75 Å². The summed E-state index contributed by atoms with van der Waals surface area (Å²) in [4.78, 5) is 4.30. The van der Waals surface area contributed by atoms with Crippen molar-refractivity contribution in [2.75, 3.05) is 26.7 Å². The van der Waals surface area contributed by atoms with Crippen molar-refractivity contribution in [2.45, 2.75) is 26.3 Å². The van der Waals surface area contributed by atoms with Crippen LogP contribution in [-0.4, -0.2) is 42.5 Å². The average molecular weight is 469 g/mol. The number of ether oxygens (including phenoxy) is 1. The van der Waals surface area contributed by atoms with E-state index in [1.807, 2.05) is 23.1 Å². The summed E-state index contributed by atoms with van der Waals surface area (Å²) < 4.78 is 7.51. The number of fused-ring (bicyclic) bond motifs is 1. The van der Waals surface area contributed by atoms with Crippen LogP contribution in [0.3, 0.4) is 0 Å². The molecule has 0 amide bonds. The average Bonchev–Trinajstić information content (AvgIpc) is 3.28. The molecule has 1 aromatic carbocycles. The Hall–Kier alpha value is -1.77. The summed E-state index contributed by atoms with van der Waals surface area (Å²) in [5.74, 6) is 2.35. The zero-order valence-corrected chi connectivity index (χ0v) is 17.8. The molecule has 2 N–H and O–H groups in total. The second-order valence-corrected chi connectivity index (χ2v) is 6.50. The number of guanidine groups is 1. The van der Waals surface area contributed by atoms with Crippen LogP contribution in [0.4, 0.5) is 0 Å². The van der Waals surface area contributed by atoms with E-state index in [4.69, 9.17) is 4.74 Å². The van der Waals surface area contributed by atoms with Crippen LogP contribution in [0.2, 0.25) is 0 Å². The van der Waals surface area contributed by atoms with Gasteiger partial charge in [0.2, 0.25) is 0 Å². The second-order valence-electron chi connectivity index (χ2n) is 6.50. The monoisotopic (exact) mass is 469 g/mol. The molecule has 2 aromatic rings. The first-order chi connectivity index (χ1) is 12.2. The van der Waals surface area contributed by atoms with Gasteiger partial charge < -0.3 is 15.4 Å². The van der Waals surface area contributed by atoms with E-state index >= 15 is 0 Å². The minimum atomic E-state index is 0. The number of hydrogen-bond acceptors (Lipinski definition) is 3. The first-order valence-electron chi connectivity index (χ1n) is 8.91. The van der Waals surface area contributed by atoms with Crippen LogP contribution in [0.25, 0.3) is 0 Å². The molecule has 0 radical (unpaired) electrons. The van der Waals surface area contributed by atoms with E-state index in [0.717, 1.165) is 50.8 Å². The van der Waals surface area contributed by atoms with Crippen LogP contribution >= 0.6 is 24.0 Å². The Morgan fingerprint density at radius 2 is 2.27 bits per heavy atom. The smallest absolute Gasteiger partial charge is 0.190 e. The van der Waals surface area contributed by atoms with Crippen LogP contribution < -0.4 is 15.4 Å². The zero-order valence-electron chi connectivity index (χ0n) is 15.4. The summed E-state index contributed by atoms with van der Waals surface area (Å²) in [5.41, 5.74) is 2.66. The Kier molecular flexibility index (Phi) is 8.21. The Labute approximate surface area is 172 Å². The fraction of sp³-hybridized carbons (Fsp3) is 0.474. The molecule has 2 heterocycles. The standard InChI is InChI=1S/C19H27N5O.HI/c1-15(14-24-10-3-8-23-24)13-22-19(20-2)21-9-6-16-4-5-18-17(12-16)7-11-25-18;/h3-5,8,10,12,15H,6-7,9,11,13-14H2,1-2H3,(H2,20,21,22);1H. The van der Waals surface area contributed by atoms with Gasteiger partial charge in [0.25, 0.3) is 0 Å². The van der Waals surface area contributed by atoms with Crippen LogP contribution in [0, 0.1) is 5.92 Å². The normalized spacial score (nSPS) is 14.2. The molecule has 0 saturated carbocycles. The van der Waals surface area contributed by atoms with Gasteiger partial charge in [0.05, 0.1) is 6.61 Å². The van der Waals surface area contributed by atoms with Crippen molar-refractivity contribution < 1.29 is 4.74 Å². The number of hydrogen-bond donors (Lipinski definition) is 2. The van der Waals surface area contributed by atoms with Gasteiger partial charge in [0.1, 0.15) is 5.75 Å². The molecule has 1 unspecified atom stereocenters. The summed E-state index contributed by atoms with van der Waals surface area (Å²) >= 11 is 0. The first-order valence-corrected chi connectivity index (χ1v) is 8.91. The molecule has 142 valence electrons. The number of rotatable bonds is 7. The lowest BCUT2D eigenvalue weighted by molar-refractivity contribution is 0.357. The maximum Gasteiger partial charge on any atom is 0.190 e. The van der Waals surface area contributed by atoms with Gasteiger partial charge in [-0.1, -0.05) is 19.1 Å². The molecule has 26 heavy (non-hydrogen) atoms. The highest BCUT2D eigenvalue weighted by atomic mass is 127. The van der Waals surface area contributed by atoms with Crippen LogP contribution in [0.1, 0.15) is 18.1 Å². The third-order valence-corrected chi connectivity index (χ3v) is 4.36. The fourth-order valence-electron chi connectivity index (χ4n) is 3.00. The molecule has 0 saturated heterocycles. The number of benzene rings is 1. The summed E-state index contributed by atoms with van der Waals surface area (Å²) in [6.07, 6.45) is 5.79. The van der Waals surface area contributed by atoms with Crippen molar-refractivity contribution >= 4 is 29.9 Å². The van der Waals surface area contributed by atoms with Crippen molar-refractivity contribution in [2.24, 2.45) is 10.9 Å². The van der Waals surface area contributed by atoms with E-state index < -0.39 is 0 Å². The minimum Gasteiger partial charge on any atom is -0.493 e. The molecule has 3 rings (SSSR count). The highest BCUT2D eigenvalue weighted by Crippen LogP contribution is 2.25. The van der Waals surface area contributed by atoms with Gasteiger partial charge in [-0.05, 0) is 35.6 Å². The summed E-state index contributed by atoms with van der Waals surface area (Å²) in [5, 5.41) is 11.0. The lowest BCUT2D eigenvalue weighted by atomic mass is 10.1. The molecule has 7 heteroatoms. The predicted octanol–water partition coefficient (Wildman–Crippen LogP) is 2.48. The summed E-state index contributed by atoms with van der Waals surface area (Å²) in [6, 6.07) is 8.44. The molecule has 1 aliphatic rings. The van der Waals surface area contributed by atoms with Crippen molar-refractivity contribution in [3.8, 4) is 5.75 Å². The Morgan fingerprint density at radius 3 is 3.04 bits per heavy atom. The molecule has 1 atom stereocenters. The molecule has 0 spiro atoms. The number of halogens is 1. The van der Waals surface area contributed by atoms with Gasteiger partial charge in [-0.2, -0.15) is 5.10 Å². The minimum absolute atomic E-state index is 0. The predicted molar refractivity (Wildman–Crippen MR) is 116 cm³/mol. The van der Waals surface area contributed by atoms with Crippen LogP contribution in [0.15, 0.2) is 41.7 Å². The van der Waals surface area contributed by atoms with E-state index in [0.29, 0.717) is 5.92 Å². The van der Waals surface area contributed by atoms with E-state index in [1.165, 1.54) is 11.1 Å². The molecule has 6 nitrogen and oxygen atoms in total. The Morgan fingerprint density at radius 1 is 1.38 bits per heavy atom. The van der Waals surface area contributed by atoms with Crippen molar-refractivity contribution in [1.29, 1.82) is 0 Å². The zero-order chi connectivity index (χ0) is 17.5. The Balaban J connectivity index is 0.00000243. The maximum atomic E-state index is 5.55. The molecule has 0 fully saturated rings. The largest absolute Gasteiger partial charge is 0.493 e. The quantitative estimate of drug-likeness (QED) is 0.372. The third kappa shape index (κ3) is 5.89. The molecule has 0 aliphatic carbocycles. The van der Waals surface area contributed by atoms with Crippen molar-refractivity contribution in [1.82, 2.24) is 20.4 Å². The van der Waals surface area contributed by atoms with E-state index in [9.17, 15) is 0 Å². The van der Waals surface area contributed by atoms with Gasteiger partial charge in [-0.25, -0.2) is 0 Å². The van der Waals surface area contributed by atoms with Crippen molar-refractivity contribution in [3.05, 3.63) is 47.8 Å². The molecule has 0 bridgehead atoms. The summed E-state index contributed by atoms with van der Waals surface area (Å²) in [7, 11) is 1.81. The molecular weight excluding hydrogens is 441 g/mol. The number of aliphatic imine (C=N–C) groups is 1. The van der Waals surface area contributed by atoms with Gasteiger partial charge >= 0.3 is 0 Å². The van der Waals surface area contributed by atoms with E-state index in [2.05, 4.69) is 45.8 Å². The van der Waals surface area contributed by atoms with Crippen LogP contribution in [-0.2, 0) is 19.4 Å². The lowest BCUT2D eigenvalue weighted by Crippen LogP contribution is -2.40. The highest BCUT2D eigenvalue weighted by Gasteiger charge is 2.12. The second kappa shape index (κ2) is 10.4. The van der Waals surface area contributed by atoms with Gasteiger partial charge in [-0.3, -0.25) is 9.67 Å². The lowest BCUT2D eigenvalue weighted by Gasteiger charge is -2.16. The third-order valence-electron chi connectivity index (χ3n) is 4.36. The molecule has 1 aliphatic heterocycles. The summed E-state index contributed by atoms with van der Waals surface area (Å²) in [6.45, 7) is 5.62. The number of nitrogens with one attached hydrogen (secondary N) is 2. The van der Waals surface area contributed by atoms with Gasteiger partial charge in [-0.15, -0.1) is 24.0 Å². The maximum absolute atomic E-state index is 5.55. The number of nitrogens with zero attached hydrogens (tertiary/aromatic N) is 3. The highest BCUT2D eigenvalue weighted by molar-refractivity contribution is 14.0.